The number of benzene rings is 1. The number of aliphatic hydroxyl groups excluding tert-OH is 1. The summed E-state index contributed by atoms with van der Waals surface area (Å²) < 4.78 is 7.53. The number of hydrogen-bond donors (Lipinski definition) is 2. The summed E-state index contributed by atoms with van der Waals surface area (Å²) in [5.74, 6) is 3.31. The van der Waals surface area contributed by atoms with Gasteiger partial charge in [0.05, 0.1) is 13.7 Å². The molecule has 1 aromatic carbocycles. The number of nitrogens with zero attached hydrogens (tertiary/aromatic N) is 3. The Hall–Kier alpha value is -3.57. The van der Waals surface area contributed by atoms with E-state index in [2.05, 4.69) is 15.9 Å². The number of aromatic amines is 1. The lowest BCUT2D eigenvalue weighted by Gasteiger charge is -2.12. The third-order valence-electron chi connectivity index (χ3n) is 4.29. The van der Waals surface area contributed by atoms with E-state index in [1.54, 1.807) is 26.2 Å². The molecule has 0 fully saturated rings. The first-order valence-electron chi connectivity index (χ1n) is 8.68. The minimum absolute atomic E-state index is 0.0349. The average molecular weight is 380 g/mol. The zero-order valence-corrected chi connectivity index (χ0v) is 15.5. The van der Waals surface area contributed by atoms with Gasteiger partial charge in [-0.25, -0.2) is 14.3 Å². The van der Waals surface area contributed by atoms with Gasteiger partial charge in [-0.15, -0.1) is 6.42 Å². The highest BCUT2D eigenvalue weighted by Gasteiger charge is 2.19. The van der Waals surface area contributed by atoms with Gasteiger partial charge in [-0.1, -0.05) is 31.1 Å². The molecule has 2 N–H and O–H groups in total. The molecule has 0 aliphatic rings. The predicted molar refractivity (Wildman–Crippen MR) is 107 cm³/mol. The van der Waals surface area contributed by atoms with Crippen LogP contribution >= 0.6 is 0 Å². The van der Waals surface area contributed by atoms with E-state index in [4.69, 9.17) is 11.2 Å². The van der Waals surface area contributed by atoms with E-state index in [9.17, 15) is 14.7 Å². The number of ether oxygens (including phenoxy) is 1. The highest BCUT2D eigenvalue weighted by Crippen LogP contribution is 2.20. The van der Waals surface area contributed by atoms with Crippen LogP contribution in [0.25, 0.3) is 23.3 Å². The van der Waals surface area contributed by atoms with Gasteiger partial charge in [-0.3, -0.25) is 14.3 Å². The summed E-state index contributed by atoms with van der Waals surface area (Å²) in [7, 11) is 1.58. The van der Waals surface area contributed by atoms with Crippen LogP contribution in [0.2, 0.25) is 0 Å². The fourth-order valence-corrected chi connectivity index (χ4v) is 2.86. The normalized spacial score (nSPS) is 12.4. The smallest absolute Gasteiger partial charge is 0.330 e. The Labute approximate surface area is 160 Å². The molecule has 0 aliphatic heterocycles. The number of imidazole rings is 1. The monoisotopic (exact) mass is 380 g/mol. The van der Waals surface area contributed by atoms with Crippen LogP contribution in [0.15, 0.2) is 33.9 Å². The standard InChI is InChI=1S/C20H20N4O4/c1-4-11-23-19(26)17-18(22-20(23)27)24(16(25)5-2)15(21-17)10-9-13-7-6-8-14(12-13)28-3/h1,6-10,12,16,25H,5,11H2,2-3H3,(H,22,27). The molecular formula is C20H20N4O4. The zero-order chi connectivity index (χ0) is 20.3. The van der Waals surface area contributed by atoms with Crippen LogP contribution in [0, 0.1) is 12.3 Å². The second-order valence-corrected chi connectivity index (χ2v) is 6.06. The van der Waals surface area contributed by atoms with Crippen LogP contribution in [0.3, 0.4) is 0 Å². The SMILES string of the molecule is C#CCn1c(=O)[nH]c2c(nc(C=Cc3cccc(OC)c3)n2C(O)CC)c1=O. The van der Waals surface area contributed by atoms with E-state index in [0.717, 1.165) is 10.1 Å². The van der Waals surface area contributed by atoms with Crippen molar-refractivity contribution in [2.45, 2.75) is 26.1 Å². The molecule has 0 amide bonds. The van der Waals surface area contributed by atoms with Gasteiger partial charge < -0.3 is 9.84 Å². The Morgan fingerprint density at radius 1 is 1.39 bits per heavy atom. The number of aromatic nitrogens is 4. The Bertz CT molecular complexity index is 1190. The molecule has 2 heterocycles. The van der Waals surface area contributed by atoms with Gasteiger partial charge in [-0.05, 0) is 30.2 Å². The molecule has 0 radical (unpaired) electrons. The second kappa shape index (κ2) is 7.98. The van der Waals surface area contributed by atoms with Crippen LogP contribution in [0.1, 0.15) is 31.0 Å². The van der Waals surface area contributed by atoms with E-state index < -0.39 is 17.5 Å². The molecule has 1 unspecified atom stereocenters. The van der Waals surface area contributed by atoms with Gasteiger partial charge in [0.25, 0.3) is 5.56 Å². The lowest BCUT2D eigenvalue weighted by Crippen LogP contribution is -2.35. The number of terminal acetylenes is 1. The van der Waals surface area contributed by atoms with Crippen LogP contribution in [0.4, 0.5) is 0 Å². The summed E-state index contributed by atoms with van der Waals surface area (Å²) in [6, 6.07) is 7.38. The Morgan fingerprint density at radius 2 is 2.18 bits per heavy atom. The average Bonchev–Trinajstić information content (AvgIpc) is 3.07. The number of aliphatic hydroxyl groups is 1. The molecule has 0 aliphatic carbocycles. The third kappa shape index (κ3) is 3.48. The van der Waals surface area contributed by atoms with Crippen LogP contribution in [0.5, 0.6) is 5.75 Å². The van der Waals surface area contributed by atoms with Gasteiger partial charge in [0.15, 0.2) is 5.52 Å². The number of hydrogen-bond acceptors (Lipinski definition) is 5. The topological polar surface area (TPSA) is 102 Å². The molecular weight excluding hydrogens is 360 g/mol. The van der Waals surface area contributed by atoms with E-state index in [0.29, 0.717) is 18.0 Å². The molecule has 144 valence electrons. The first-order chi connectivity index (χ1) is 13.5. The van der Waals surface area contributed by atoms with Crippen molar-refractivity contribution in [2.75, 3.05) is 7.11 Å². The summed E-state index contributed by atoms with van der Waals surface area (Å²) >= 11 is 0. The quantitative estimate of drug-likeness (QED) is 0.633. The molecule has 0 saturated heterocycles. The largest absolute Gasteiger partial charge is 0.497 e. The van der Waals surface area contributed by atoms with Crippen LogP contribution in [-0.4, -0.2) is 31.3 Å². The molecule has 1 atom stereocenters. The van der Waals surface area contributed by atoms with Crippen LogP contribution in [-0.2, 0) is 6.54 Å². The lowest BCUT2D eigenvalue weighted by atomic mass is 10.2. The van der Waals surface area contributed by atoms with E-state index in [1.807, 2.05) is 24.3 Å². The summed E-state index contributed by atoms with van der Waals surface area (Å²) in [5.41, 5.74) is -0.212. The fourth-order valence-electron chi connectivity index (χ4n) is 2.86. The maximum atomic E-state index is 12.6. The molecule has 3 rings (SSSR count). The number of rotatable bonds is 6. The highest BCUT2D eigenvalue weighted by atomic mass is 16.5. The van der Waals surface area contributed by atoms with Gasteiger partial charge in [0.1, 0.15) is 23.4 Å². The van der Waals surface area contributed by atoms with E-state index >= 15 is 0 Å². The molecule has 0 saturated carbocycles. The Morgan fingerprint density at radius 3 is 2.86 bits per heavy atom. The van der Waals surface area contributed by atoms with Crippen molar-refractivity contribution in [3.63, 3.8) is 0 Å². The van der Waals surface area contributed by atoms with E-state index in [-0.39, 0.29) is 17.7 Å². The zero-order valence-electron chi connectivity index (χ0n) is 15.5. The maximum Gasteiger partial charge on any atom is 0.330 e. The molecule has 28 heavy (non-hydrogen) atoms. The van der Waals surface area contributed by atoms with Crippen molar-refractivity contribution in [3.05, 3.63) is 56.5 Å². The molecule has 0 spiro atoms. The second-order valence-electron chi connectivity index (χ2n) is 6.06. The number of H-pyrrole nitrogens is 1. The van der Waals surface area contributed by atoms with Gasteiger partial charge in [-0.2, -0.15) is 0 Å². The van der Waals surface area contributed by atoms with E-state index in [1.165, 1.54) is 4.57 Å². The van der Waals surface area contributed by atoms with Gasteiger partial charge >= 0.3 is 5.69 Å². The van der Waals surface area contributed by atoms with Crippen molar-refractivity contribution >= 4 is 23.3 Å². The summed E-state index contributed by atoms with van der Waals surface area (Å²) in [5, 5.41) is 10.4. The fraction of sp³-hybridized carbons (Fsp3) is 0.250. The molecule has 2 aromatic heterocycles. The van der Waals surface area contributed by atoms with Crippen molar-refractivity contribution in [3.8, 4) is 18.1 Å². The number of nitrogens with one attached hydrogen (secondary N) is 1. The minimum Gasteiger partial charge on any atom is -0.497 e. The first-order valence-corrected chi connectivity index (χ1v) is 8.68. The lowest BCUT2D eigenvalue weighted by molar-refractivity contribution is 0.103. The molecule has 3 aromatic rings. The van der Waals surface area contributed by atoms with Crippen molar-refractivity contribution in [1.29, 1.82) is 0 Å². The van der Waals surface area contributed by atoms with Crippen LogP contribution < -0.4 is 16.0 Å². The maximum absolute atomic E-state index is 12.6. The summed E-state index contributed by atoms with van der Waals surface area (Å²) in [6.45, 7) is 1.62. The summed E-state index contributed by atoms with van der Waals surface area (Å²) in [4.78, 5) is 31.8. The highest BCUT2D eigenvalue weighted by molar-refractivity contribution is 5.76. The van der Waals surface area contributed by atoms with Crippen molar-refractivity contribution in [1.82, 2.24) is 19.1 Å². The van der Waals surface area contributed by atoms with Gasteiger partial charge in [0, 0.05) is 0 Å². The third-order valence-corrected chi connectivity index (χ3v) is 4.29. The molecule has 8 nitrogen and oxygen atoms in total. The number of methoxy groups -OCH3 is 1. The molecule has 0 bridgehead atoms. The van der Waals surface area contributed by atoms with Crippen molar-refractivity contribution in [2.24, 2.45) is 0 Å². The van der Waals surface area contributed by atoms with Crippen molar-refractivity contribution < 1.29 is 9.84 Å². The Balaban J connectivity index is 2.19. The molecule has 8 heteroatoms. The predicted octanol–water partition coefficient (Wildman–Crippen LogP) is 1.60. The van der Waals surface area contributed by atoms with Gasteiger partial charge in [0.2, 0.25) is 0 Å². The number of fused-ring (bicyclic) bond motifs is 1. The Kier molecular flexibility index (Phi) is 5.47. The first kappa shape index (κ1) is 19.2. The summed E-state index contributed by atoms with van der Waals surface area (Å²) in [6.07, 6.45) is 8.07. The minimum atomic E-state index is -0.964.